The third kappa shape index (κ3) is 3.26. The third-order valence-corrected chi connectivity index (χ3v) is 7.27. The molecule has 2 heterocycles. The summed E-state index contributed by atoms with van der Waals surface area (Å²) in [6, 6.07) is 4.60. The molecule has 0 fully saturated rings. The van der Waals surface area contributed by atoms with Crippen LogP contribution in [0.1, 0.15) is 59.7 Å². The lowest BCUT2D eigenvalue weighted by molar-refractivity contribution is -0.384. The van der Waals surface area contributed by atoms with E-state index in [-0.39, 0.29) is 22.0 Å². The van der Waals surface area contributed by atoms with Crippen LogP contribution in [-0.4, -0.2) is 10.8 Å². The predicted octanol–water partition coefficient (Wildman–Crippen LogP) is 5.31. The Bertz CT molecular complexity index is 980. The predicted molar refractivity (Wildman–Crippen MR) is 111 cm³/mol. The van der Waals surface area contributed by atoms with Gasteiger partial charge in [-0.15, -0.1) is 11.3 Å². The number of amides is 1. The molecular weight excluding hydrogens is 398 g/mol. The molecule has 2 N–H and O–H groups in total. The Morgan fingerprint density at radius 2 is 2.04 bits per heavy atom. The number of rotatable bonds is 2. The molecule has 1 aliphatic heterocycles. The molecule has 1 aromatic carbocycles. The van der Waals surface area contributed by atoms with Crippen molar-refractivity contribution < 1.29 is 9.72 Å². The number of nitrogens with one attached hydrogen (secondary N) is 2. The zero-order chi connectivity index (χ0) is 20.2. The Balaban J connectivity index is 1.65. The zero-order valence-electron chi connectivity index (χ0n) is 16.0. The number of carbonyl (C=O) groups is 1. The first-order chi connectivity index (χ1) is 13.1. The molecule has 1 aliphatic carbocycles. The molecule has 0 saturated carbocycles. The molecule has 2 aliphatic rings. The lowest BCUT2D eigenvalue weighted by Crippen LogP contribution is -2.38. The van der Waals surface area contributed by atoms with Crippen LogP contribution in [0.5, 0.6) is 0 Å². The molecule has 4 rings (SSSR count). The van der Waals surface area contributed by atoms with Gasteiger partial charge in [0.25, 0.3) is 11.6 Å². The molecule has 8 heteroatoms. The normalized spacial score (nSPS) is 21.4. The minimum absolute atomic E-state index is 0.0800. The van der Waals surface area contributed by atoms with E-state index in [1.165, 1.54) is 17.0 Å². The van der Waals surface area contributed by atoms with Crippen LogP contribution in [0.2, 0.25) is 5.02 Å². The number of nitro benzene ring substituents is 1. The average Bonchev–Trinajstić information content (AvgIpc) is 2.99. The lowest BCUT2D eigenvalue weighted by atomic mass is 9.72. The van der Waals surface area contributed by atoms with E-state index in [0.29, 0.717) is 11.5 Å². The van der Waals surface area contributed by atoms with E-state index in [2.05, 4.69) is 31.4 Å². The summed E-state index contributed by atoms with van der Waals surface area (Å²) >= 11 is 7.55. The van der Waals surface area contributed by atoms with Crippen LogP contribution in [0.15, 0.2) is 18.2 Å². The summed E-state index contributed by atoms with van der Waals surface area (Å²) in [7, 11) is 0. The van der Waals surface area contributed by atoms with Gasteiger partial charge in [0, 0.05) is 16.5 Å². The molecule has 2 aromatic rings. The lowest BCUT2D eigenvalue weighted by Gasteiger charge is -2.34. The number of nitrogens with zero attached hydrogens (tertiary/aromatic N) is 1. The minimum Gasteiger partial charge on any atom is -0.353 e. The first-order valence-corrected chi connectivity index (χ1v) is 10.5. The number of hydrogen-bond donors (Lipinski definition) is 2. The van der Waals surface area contributed by atoms with Crippen molar-refractivity contribution >= 4 is 39.5 Å². The molecule has 2 atom stereocenters. The van der Waals surface area contributed by atoms with E-state index in [9.17, 15) is 14.9 Å². The highest BCUT2D eigenvalue weighted by atomic mass is 35.5. The van der Waals surface area contributed by atoms with Gasteiger partial charge in [0.2, 0.25) is 0 Å². The van der Waals surface area contributed by atoms with Gasteiger partial charge in [-0.2, -0.15) is 0 Å². The third-order valence-electron chi connectivity index (χ3n) is 5.77. The number of thiophene rings is 1. The fraction of sp³-hybridized carbons (Fsp3) is 0.450. The van der Waals surface area contributed by atoms with Crippen LogP contribution in [-0.2, 0) is 12.8 Å². The average molecular weight is 420 g/mol. The van der Waals surface area contributed by atoms with E-state index in [1.807, 2.05) is 0 Å². The standard InChI is InChI=1S/C20H22ClN3O3S/c1-20(2,3)11-5-6-12-15(9-11)28-19-16(12)18(25)22-17(23-19)10-4-7-13(21)14(8-10)24(26)27/h4,7-8,11,17,23H,5-6,9H2,1-3H3,(H,22,25)/t11-,17-/m0/s1. The number of nitro groups is 1. The molecule has 1 aromatic heterocycles. The molecule has 0 saturated heterocycles. The Kier molecular flexibility index (Phi) is 4.62. The van der Waals surface area contributed by atoms with Crippen LogP contribution >= 0.6 is 22.9 Å². The highest BCUT2D eigenvalue weighted by Gasteiger charge is 2.36. The maximum Gasteiger partial charge on any atom is 0.288 e. The SMILES string of the molecule is CC(C)(C)[C@H]1CCc2c(sc3c2C(=O)N[C@H](c2ccc(Cl)c([N+](=O)[O-])c2)N3)C1. The van der Waals surface area contributed by atoms with Crippen molar-refractivity contribution in [3.05, 3.63) is 54.9 Å². The van der Waals surface area contributed by atoms with Crippen LogP contribution in [0, 0.1) is 21.4 Å². The van der Waals surface area contributed by atoms with Crippen molar-refractivity contribution in [1.82, 2.24) is 5.32 Å². The van der Waals surface area contributed by atoms with Gasteiger partial charge in [-0.3, -0.25) is 14.9 Å². The summed E-state index contributed by atoms with van der Waals surface area (Å²) in [6.45, 7) is 6.81. The highest BCUT2D eigenvalue weighted by Crippen LogP contribution is 2.46. The second-order valence-electron chi connectivity index (χ2n) is 8.53. The smallest absolute Gasteiger partial charge is 0.288 e. The second-order valence-corrected chi connectivity index (χ2v) is 10.0. The molecule has 0 spiro atoms. The first kappa shape index (κ1) is 19.2. The minimum atomic E-state index is -0.519. The largest absolute Gasteiger partial charge is 0.353 e. The number of fused-ring (bicyclic) bond motifs is 3. The fourth-order valence-electron chi connectivity index (χ4n) is 4.05. The number of anilines is 1. The Labute approximate surface area is 172 Å². The molecule has 148 valence electrons. The monoisotopic (exact) mass is 419 g/mol. The van der Waals surface area contributed by atoms with E-state index in [0.717, 1.165) is 35.4 Å². The summed E-state index contributed by atoms with van der Waals surface area (Å²) in [4.78, 5) is 24.8. The van der Waals surface area contributed by atoms with Crippen molar-refractivity contribution in [2.75, 3.05) is 5.32 Å². The maximum absolute atomic E-state index is 12.9. The topological polar surface area (TPSA) is 84.3 Å². The van der Waals surface area contributed by atoms with E-state index >= 15 is 0 Å². The van der Waals surface area contributed by atoms with Gasteiger partial charge in [0.1, 0.15) is 16.2 Å². The number of carbonyl (C=O) groups excluding carboxylic acids is 1. The van der Waals surface area contributed by atoms with Gasteiger partial charge >= 0.3 is 0 Å². The molecule has 0 bridgehead atoms. The van der Waals surface area contributed by atoms with Gasteiger partial charge in [-0.05, 0) is 42.2 Å². The van der Waals surface area contributed by atoms with Crippen LogP contribution < -0.4 is 10.6 Å². The summed E-state index contributed by atoms with van der Waals surface area (Å²) in [5.41, 5.74) is 2.58. The van der Waals surface area contributed by atoms with E-state index in [1.54, 1.807) is 17.4 Å². The summed E-state index contributed by atoms with van der Waals surface area (Å²) < 4.78 is 0. The van der Waals surface area contributed by atoms with Crippen molar-refractivity contribution in [2.24, 2.45) is 11.3 Å². The van der Waals surface area contributed by atoms with Crippen LogP contribution in [0.25, 0.3) is 0 Å². The molecule has 1 amide bonds. The number of halogens is 1. The summed E-state index contributed by atoms with van der Waals surface area (Å²) in [6.07, 6.45) is 2.46. The molecule has 28 heavy (non-hydrogen) atoms. The van der Waals surface area contributed by atoms with Crippen LogP contribution in [0.4, 0.5) is 10.7 Å². The molecule has 0 unspecified atom stereocenters. The van der Waals surface area contributed by atoms with Gasteiger partial charge in [-0.1, -0.05) is 38.4 Å². The second kappa shape index (κ2) is 6.74. The van der Waals surface area contributed by atoms with Gasteiger partial charge < -0.3 is 10.6 Å². The van der Waals surface area contributed by atoms with Gasteiger partial charge in [-0.25, -0.2) is 0 Å². The summed E-state index contributed by atoms with van der Waals surface area (Å²) in [5.74, 6) is 0.473. The maximum atomic E-state index is 12.9. The Hall–Kier alpha value is -2.12. The Morgan fingerprint density at radius 1 is 1.29 bits per heavy atom. The number of hydrogen-bond acceptors (Lipinski definition) is 5. The van der Waals surface area contributed by atoms with E-state index in [4.69, 9.17) is 11.6 Å². The highest BCUT2D eigenvalue weighted by molar-refractivity contribution is 7.16. The van der Waals surface area contributed by atoms with E-state index < -0.39 is 11.1 Å². The van der Waals surface area contributed by atoms with Crippen molar-refractivity contribution in [1.29, 1.82) is 0 Å². The Morgan fingerprint density at radius 3 is 2.71 bits per heavy atom. The van der Waals surface area contributed by atoms with Crippen molar-refractivity contribution in [3.63, 3.8) is 0 Å². The first-order valence-electron chi connectivity index (χ1n) is 9.31. The zero-order valence-corrected chi connectivity index (χ0v) is 17.5. The van der Waals surface area contributed by atoms with Crippen molar-refractivity contribution in [3.8, 4) is 0 Å². The number of benzene rings is 1. The fourth-order valence-corrected chi connectivity index (χ4v) is 5.59. The van der Waals surface area contributed by atoms with Gasteiger partial charge in [0.05, 0.1) is 10.5 Å². The van der Waals surface area contributed by atoms with Crippen LogP contribution in [0.3, 0.4) is 0 Å². The van der Waals surface area contributed by atoms with Gasteiger partial charge in [0.15, 0.2) is 0 Å². The molecular formula is C20H22ClN3O3S. The van der Waals surface area contributed by atoms with Crippen molar-refractivity contribution in [2.45, 2.75) is 46.2 Å². The molecule has 6 nitrogen and oxygen atoms in total. The quantitative estimate of drug-likeness (QED) is 0.510. The molecule has 0 radical (unpaired) electrons. The summed E-state index contributed by atoms with van der Waals surface area (Å²) in [5, 5.41) is 18.4.